The van der Waals surface area contributed by atoms with Gasteiger partial charge in [0.25, 0.3) is 0 Å². The van der Waals surface area contributed by atoms with Crippen LogP contribution in [-0.2, 0) is 14.3 Å². The summed E-state index contributed by atoms with van der Waals surface area (Å²) in [6, 6.07) is 0. The maximum atomic E-state index is 10.5. The summed E-state index contributed by atoms with van der Waals surface area (Å²) >= 11 is 0. The first-order valence-corrected chi connectivity index (χ1v) is 5.19. The topological polar surface area (TPSA) is 66.4 Å². The second kappa shape index (κ2) is 9.49. The zero-order valence-corrected chi connectivity index (χ0v) is 10.2. The van der Waals surface area contributed by atoms with Crippen LogP contribution in [0.4, 0.5) is 0 Å². The van der Waals surface area contributed by atoms with Crippen molar-refractivity contribution >= 4 is 11.9 Å². The molecule has 0 amide bonds. The summed E-state index contributed by atoms with van der Waals surface area (Å²) in [6.45, 7) is 7.27. The third-order valence-electron chi connectivity index (χ3n) is 2.23. The van der Waals surface area contributed by atoms with E-state index in [4.69, 9.17) is 0 Å². The number of hydrogen-bond acceptors (Lipinski definition) is 4. The van der Waals surface area contributed by atoms with E-state index in [0.717, 1.165) is 6.42 Å². The Bertz CT molecular complexity index is 189. The molecule has 4 heteroatoms. The third-order valence-corrected chi connectivity index (χ3v) is 2.23. The van der Waals surface area contributed by atoms with Gasteiger partial charge in [-0.1, -0.05) is 27.7 Å². The summed E-state index contributed by atoms with van der Waals surface area (Å²) in [6.07, 6.45) is 1.51. The number of aliphatic carboxylic acids is 1. The first kappa shape index (κ1) is 16.4. The van der Waals surface area contributed by atoms with Gasteiger partial charge in [-0.2, -0.15) is 0 Å². The van der Waals surface area contributed by atoms with E-state index < -0.39 is 5.97 Å². The minimum absolute atomic E-state index is 0.0556. The minimum atomic E-state index is -0.956. The van der Waals surface area contributed by atoms with Crippen LogP contribution in [0.15, 0.2) is 0 Å². The summed E-state index contributed by atoms with van der Waals surface area (Å²) in [5, 5.41) is 9.82. The summed E-state index contributed by atoms with van der Waals surface area (Å²) < 4.78 is 4.46. The van der Waals surface area contributed by atoms with E-state index >= 15 is 0 Å². The Balaban J connectivity index is 0. The molecule has 0 aromatic heterocycles. The van der Waals surface area contributed by atoms with Crippen molar-refractivity contribution in [1.29, 1.82) is 0 Å². The largest absolute Gasteiger partial charge is 0.550 e. The van der Waals surface area contributed by atoms with Crippen molar-refractivity contribution in [3.8, 4) is 0 Å². The third kappa shape index (κ3) is 9.25. The molecule has 0 rings (SSSR count). The molecule has 4 nitrogen and oxygen atoms in total. The first-order chi connectivity index (χ1) is 6.90. The molecule has 0 aliphatic heterocycles. The molecular weight excluding hydrogens is 196 g/mol. The fourth-order valence-electron chi connectivity index (χ4n) is 0.535. The Hall–Kier alpha value is -1.06. The molecule has 0 saturated heterocycles. The number of carboxylic acids is 1. The van der Waals surface area contributed by atoms with Gasteiger partial charge in [-0.25, -0.2) is 0 Å². The number of carbonyl (C=O) groups excluding carboxylic acids is 2. The molecule has 2 unspecified atom stereocenters. The molecular formula is C11H21O4-. The predicted molar refractivity (Wildman–Crippen MR) is 55.9 cm³/mol. The Morgan fingerprint density at radius 3 is 1.60 bits per heavy atom. The van der Waals surface area contributed by atoms with Gasteiger partial charge in [0.2, 0.25) is 0 Å². The summed E-state index contributed by atoms with van der Waals surface area (Å²) in [5.74, 6) is -1.31. The fourth-order valence-corrected chi connectivity index (χ4v) is 0.535. The molecule has 0 aromatic rings. The highest BCUT2D eigenvalue weighted by atomic mass is 16.5. The summed E-state index contributed by atoms with van der Waals surface area (Å²) in [7, 11) is 1.41. The summed E-state index contributed by atoms with van der Waals surface area (Å²) in [5.41, 5.74) is 0. The lowest BCUT2D eigenvalue weighted by atomic mass is 10.1. The number of methoxy groups -OCH3 is 1. The van der Waals surface area contributed by atoms with E-state index in [-0.39, 0.29) is 17.8 Å². The van der Waals surface area contributed by atoms with Crippen LogP contribution in [0.5, 0.6) is 0 Å². The van der Waals surface area contributed by atoms with Gasteiger partial charge >= 0.3 is 5.97 Å². The molecule has 0 fully saturated rings. The van der Waals surface area contributed by atoms with Crippen LogP contribution in [0.1, 0.15) is 40.5 Å². The van der Waals surface area contributed by atoms with Gasteiger partial charge in [0, 0.05) is 5.97 Å². The van der Waals surface area contributed by atoms with Crippen LogP contribution in [-0.4, -0.2) is 19.0 Å². The van der Waals surface area contributed by atoms with Gasteiger partial charge in [0.05, 0.1) is 13.0 Å². The van der Waals surface area contributed by atoms with E-state index in [0.29, 0.717) is 6.42 Å². The first-order valence-electron chi connectivity index (χ1n) is 5.19. The van der Waals surface area contributed by atoms with Gasteiger partial charge < -0.3 is 14.6 Å². The van der Waals surface area contributed by atoms with E-state index in [1.165, 1.54) is 7.11 Å². The van der Waals surface area contributed by atoms with E-state index in [1.807, 2.05) is 20.8 Å². The predicted octanol–water partition coefficient (Wildman–Crippen LogP) is 0.988. The molecule has 0 radical (unpaired) electrons. The quantitative estimate of drug-likeness (QED) is 0.658. The van der Waals surface area contributed by atoms with Gasteiger partial charge in [-0.15, -0.1) is 0 Å². The zero-order chi connectivity index (χ0) is 12.4. The highest BCUT2D eigenvalue weighted by molar-refractivity contribution is 5.71. The molecule has 15 heavy (non-hydrogen) atoms. The molecule has 0 saturated carbocycles. The number of ether oxygens (including phenoxy) is 1. The van der Waals surface area contributed by atoms with E-state index in [1.54, 1.807) is 6.92 Å². The van der Waals surface area contributed by atoms with Gasteiger partial charge in [0.15, 0.2) is 0 Å². The van der Waals surface area contributed by atoms with Crippen LogP contribution in [0.3, 0.4) is 0 Å². The minimum Gasteiger partial charge on any atom is -0.550 e. The maximum absolute atomic E-state index is 10.5. The Kier molecular flexibility index (Phi) is 10.4. The molecule has 0 N–H and O–H groups in total. The van der Waals surface area contributed by atoms with Gasteiger partial charge in [0.1, 0.15) is 0 Å². The molecule has 0 aromatic carbocycles. The van der Waals surface area contributed by atoms with Gasteiger partial charge in [-0.05, 0) is 18.8 Å². The molecule has 0 aliphatic rings. The van der Waals surface area contributed by atoms with Gasteiger partial charge in [-0.3, -0.25) is 4.79 Å². The monoisotopic (exact) mass is 217 g/mol. The molecule has 0 heterocycles. The van der Waals surface area contributed by atoms with Crippen LogP contribution in [0, 0.1) is 11.8 Å². The van der Waals surface area contributed by atoms with Crippen molar-refractivity contribution in [3.05, 3.63) is 0 Å². The second-order valence-electron chi connectivity index (χ2n) is 3.46. The van der Waals surface area contributed by atoms with Crippen molar-refractivity contribution in [1.82, 2.24) is 0 Å². The highest BCUT2D eigenvalue weighted by Gasteiger charge is 2.08. The van der Waals surface area contributed by atoms with E-state index in [2.05, 4.69) is 4.74 Å². The van der Waals surface area contributed by atoms with Crippen molar-refractivity contribution in [2.45, 2.75) is 40.5 Å². The Labute approximate surface area is 91.6 Å². The lowest BCUT2D eigenvalue weighted by Crippen LogP contribution is -2.28. The van der Waals surface area contributed by atoms with E-state index in [9.17, 15) is 14.7 Å². The van der Waals surface area contributed by atoms with Crippen molar-refractivity contribution in [2.75, 3.05) is 7.11 Å². The standard InChI is InChI=1S/C6H12O2.C5H10O2/c1-4-5(2)6(7)8-3;1-3-4(2)5(6)7/h5H,4H2,1-3H3;4H,3H2,1-2H3,(H,6,7)/p-1. The smallest absolute Gasteiger partial charge is 0.308 e. The molecule has 90 valence electrons. The fraction of sp³-hybridized carbons (Fsp3) is 0.818. The zero-order valence-electron chi connectivity index (χ0n) is 10.2. The molecule has 2 atom stereocenters. The lowest BCUT2D eigenvalue weighted by molar-refractivity contribution is -0.311. The second-order valence-corrected chi connectivity index (χ2v) is 3.46. The van der Waals surface area contributed by atoms with Crippen LogP contribution < -0.4 is 5.11 Å². The average molecular weight is 217 g/mol. The van der Waals surface area contributed by atoms with Crippen molar-refractivity contribution in [2.24, 2.45) is 11.8 Å². The Morgan fingerprint density at radius 2 is 1.53 bits per heavy atom. The Morgan fingerprint density at radius 1 is 1.13 bits per heavy atom. The molecule has 0 aliphatic carbocycles. The summed E-state index contributed by atoms with van der Waals surface area (Å²) in [4.78, 5) is 20.3. The van der Waals surface area contributed by atoms with Crippen molar-refractivity contribution < 1.29 is 19.4 Å². The highest BCUT2D eigenvalue weighted by Crippen LogP contribution is 2.00. The normalized spacial score (nSPS) is 13.1. The number of rotatable bonds is 4. The number of carboxylic acid groups (broad SMARTS) is 1. The molecule has 0 spiro atoms. The van der Waals surface area contributed by atoms with Crippen LogP contribution in [0.25, 0.3) is 0 Å². The van der Waals surface area contributed by atoms with Crippen LogP contribution >= 0.6 is 0 Å². The SMILES string of the molecule is CCC(C)C(=O)OC.CCC(C)C(=O)[O-]. The average Bonchev–Trinajstić information content (AvgIpc) is 2.26. The maximum Gasteiger partial charge on any atom is 0.308 e. The molecule has 0 bridgehead atoms. The number of hydrogen-bond donors (Lipinski definition) is 0. The lowest BCUT2D eigenvalue weighted by Gasteiger charge is -2.06. The number of carbonyl (C=O) groups is 2. The van der Waals surface area contributed by atoms with Crippen molar-refractivity contribution in [3.63, 3.8) is 0 Å². The number of esters is 1. The van der Waals surface area contributed by atoms with Crippen LogP contribution in [0.2, 0.25) is 0 Å².